The monoisotopic (exact) mass is 253 g/mol. The molecule has 0 fully saturated rings. The van der Waals surface area contributed by atoms with Gasteiger partial charge in [-0.05, 0) is 5.56 Å². The molecule has 0 bridgehead atoms. The molecule has 0 aliphatic rings. The molecular weight excluding hydrogens is 238 g/mol. The fourth-order valence-electron chi connectivity index (χ4n) is 1.70. The van der Waals surface area contributed by atoms with E-state index in [1.165, 1.54) is 0 Å². The number of hydrogen-bond acceptors (Lipinski definition) is 6. The van der Waals surface area contributed by atoms with E-state index in [-0.39, 0.29) is 24.7 Å². The van der Waals surface area contributed by atoms with Crippen LogP contribution in [0.3, 0.4) is 0 Å². The normalized spacial score (nSPS) is 13.0. The Kier molecular flexibility index (Phi) is 3.60. The average Bonchev–Trinajstić information content (AvgIpc) is 2.72. The summed E-state index contributed by atoms with van der Waals surface area (Å²) in [4.78, 5) is 21.0. The number of anilines is 1. The number of fused-ring (bicyclic) bond motifs is 1. The topological polar surface area (TPSA) is 140 Å². The van der Waals surface area contributed by atoms with Crippen LogP contribution in [0, 0.1) is 0 Å². The van der Waals surface area contributed by atoms with E-state index in [2.05, 4.69) is 20.3 Å². The van der Waals surface area contributed by atoms with Gasteiger partial charge in [0.2, 0.25) is 5.95 Å². The van der Waals surface area contributed by atoms with Gasteiger partial charge in [-0.3, -0.25) is 9.78 Å². The van der Waals surface area contributed by atoms with Crippen molar-refractivity contribution in [2.75, 3.05) is 18.9 Å². The Morgan fingerprint density at radius 3 is 3.06 bits per heavy atom. The minimum Gasteiger partial charge on any atom is -0.394 e. The van der Waals surface area contributed by atoms with Crippen molar-refractivity contribution in [1.29, 1.82) is 0 Å². The molecule has 0 saturated heterocycles. The summed E-state index contributed by atoms with van der Waals surface area (Å²) in [6.45, 7) is 0.314. The molecular formula is C10H15N5O3. The van der Waals surface area contributed by atoms with E-state index in [0.717, 1.165) is 5.56 Å². The highest BCUT2D eigenvalue weighted by molar-refractivity contribution is 5.79. The summed E-state index contributed by atoms with van der Waals surface area (Å²) in [6.07, 6.45) is 0.840. The van der Waals surface area contributed by atoms with Gasteiger partial charge in [0.1, 0.15) is 5.65 Å². The first-order valence-electron chi connectivity index (χ1n) is 5.47. The third kappa shape index (κ3) is 2.50. The largest absolute Gasteiger partial charge is 0.394 e. The third-order valence-electron chi connectivity index (χ3n) is 2.55. The van der Waals surface area contributed by atoms with Crippen LogP contribution in [-0.4, -0.2) is 44.4 Å². The molecule has 0 aliphatic carbocycles. The van der Waals surface area contributed by atoms with E-state index in [1.807, 2.05) is 0 Å². The second-order valence-corrected chi connectivity index (χ2v) is 3.96. The minimum absolute atomic E-state index is 0.0598. The van der Waals surface area contributed by atoms with E-state index >= 15 is 0 Å². The van der Waals surface area contributed by atoms with E-state index in [4.69, 9.17) is 10.8 Å². The minimum atomic E-state index is -0.817. The predicted octanol–water partition coefficient (Wildman–Crippen LogP) is -1.72. The highest BCUT2D eigenvalue weighted by Crippen LogP contribution is 2.11. The quantitative estimate of drug-likeness (QED) is 0.374. The average molecular weight is 253 g/mol. The van der Waals surface area contributed by atoms with Crippen molar-refractivity contribution in [2.45, 2.75) is 12.6 Å². The maximum absolute atomic E-state index is 11.7. The lowest BCUT2D eigenvalue weighted by Crippen LogP contribution is -2.29. The summed E-state index contributed by atoms with van der Waals surface area (Å²) in [7, 11) is 0. The first kappa shape index (κ1) is 12.6. The molecule has 1 atom stereocenters. The smallest absolute Gasteiger partial charge is 0.262 e. The molecule has 0 radical (unpaired) electrons. The lowest BCUT2D eigenvalue weighted by molar-refractivity contribution is 0.0942. The number of nitrogens with two attached hydrogens (primary N) is 1. The molecule has 0 aromatic carbocycles. The van der Waals surface area contributed by atoms with Gasteiger partial charge in [0.05, 0.1) is 18.1 Å². The van der Waals surface area contributed by atoms with Crippen LogP contribution in [0.4, 0.5) is 5.95 Å². The number of aliphatic hydroxyl groups excluding tert-OH is 2. The number of nitrogen functional groups attached to an aromatic ring is 1. The molecule has 2 aromatic rings. The lowest BCUT2D eigenvalue weighted by atomic mass is 10.2. The van der Waals surface area contributed by atoms with Gasteiger partial charge in [-0.15, -0.1) is 0 Å². The van der Waals surface area contributed by atoms with Gasteiger partial charge in [-0.25, -0.2) is 0 Å². The third-order valence-corrected chi connectivity index (χ3v) is 2.55. The van der Waals surface area contributed by atoms with Crippen LogP contribution in [0.2, 0.25) is 0 Å². The van der Waals surface area contributed by atoms with Crippen LogP contribution in [-0.2, 0) is 6.54 Å². The van der Waals surface area contributed by atoms with Crippen LogP contribution < -0.4 is 16.6 Å². The Morgan fingerprint density at radius 2 is 2.33 bits per heavy atom. The number of nitrogens with one attached hydrogen (secondary N) is 3. The van der Waals surface area contributed by atoms with Gasteiger partial charge in [-0.2, -0.15) is 4.98 Å². The molecule has 8 heteroatoms. The van der Waals surface area contributed by atoms with Crippen LogP contribution in [0.15, 0.2) is 11.0 Å². The molecule has 0 amide bonds. The zero-order chi connectivity index (χ0) is 13.1. The molecule has 18 heavy (non-hydrogen) atoms. The predicted molar refractivity (Wildman–Crippen MR) is 65.9 cm³/mol. The molecule has 2 aromatic heterocycles. The molecule has 7 N–H and O–H groups in total. The molecule has 0 saturated carbocycles. The Balaban J connectivity index is 2.17. The van der Waals surface area contributed by atoms with E-state index in [0.29, 0.717) is 17.6 Å². The first-order chi connectivity index (χ1) is 8.61. The Bertz CT molecular complexity index is 591. The summed E-state index contributed by atoms with van der Waals surface area (Å²) in [5.74, 6) is 0.0598. The summed E-state index contributed by atoms with van der Waals surface area (Å²) in [5.41, 5.74) is 6.27. The van der Waals surface area contributed by atoms with Crippen molar-refractivity contribution < 1.29 is 10.2 Å². The molecule has 8 nitrogen and oxygen atoms in total. The molecule has 0 unspecified atom stereocenters. The van der Waals surface area contributed by atoms with Crippen LogP contribution in [0.25, 0.3) is 11.0 Å². The number of H-pyrrole nitrogens is 2. The van der Waals surface area contributed by atoms with Crippen molar-refractivity contribution in [1.82, 2.24) is 20.3 Å². The Morgan fingerprint density at radius 1 is 1.56 bits per heavy atom. The summed E-state index contributed by atoms with van der Waals surface area (Å²) >= 11 is 0. The van der Waals surface area contributed by atoms with E-state index in [1.54, 1.807) is 6.20 Å². The van der Waals surface area contributed by atoms with Gasteiger partial charge in [-0.1, -0.05) is 0 Å². The highest BCUT2D eigenvalue weighted by Gasteiger charge is 2.10. The number of rotatable bonds is 5. The summed E-state index contributed by atoms with van der Waals surface area (Å²) < 4.78 is 0. The SMILES string of the molecule is Nc1nc2[nH]cc(CNC[C@H](O)CO)c2c(=O)[nH]1. The maximum Gasteiger partial charge on any atom is 0.262 e. The van der Waals surface area contributed by atoms with Crippen molar-refractivity contribution in [3.05, 3.63) is 22.1 Å². The van der Waals surface area contributed by atoms with Crippen LogP contribution in [0.1, 0.15) is 5.56 Å². The number of aliphatic hydroxyl groups is 2. The molecule has 2 heterocycles. The van der Waals surface area contributed by atoms with Crippen LogP contribution >= 0.6 is 0 Å². The maximum atomic E-state index is 11.7. The summed E-state index contributed by atoms with van der Waals surface area (Å²) in [5, 5.41) is 21.2. The standard InChI is InChI=1S/C10H15N5O3/c11-10-14-8-7(9(18)15-10)5(2-13-8)1-12-3-6(17)4-16/h2,6,12,16-17H,1,3-4H2,(H4,11,13,14,15,18)/t6-/m0/s1. The van der Waals surface area contributed by atoms with Gasteiger partial charge < -0.3 is 26.2 Å². The Labute approximate surface area is 102 Å². The van der Waals surface area contributed by atoms with Gasteiger partial charge >= 0.3 is 0 Å². The zero-order valence-corrected chi connectivity index (χ0v) is 9.60. The second kappa shape index (κ2) is 5.17. The van der Waals surface area contributed by atoms with E-state index in [9.17, 15) is 9.90 Å². The Hall–Kier alpha value is -1.90. The van der Waals surface area contributed by atoms with Crippen LogP contribution in [0.5, 0.6) is 0 Å². The molecule has 98 valence electrons. The lowest BCUT2D eigenvalue weighted by Gasteiger charge is -2.07. The van der Waals surface area contributed by atoms with Crippen molar-refractivity contribution in [2.24, 2.45) is 0 Å². The van der Waals surface area contributed by atoms with Gasteiger partial charge in [0.15, 0.2) is 0 Å². The molecule has 0 aliphatic heterocycles. The number of aromatic amines is 2. The number of aromatic nitrogens is 3. The fourth-order valence-corrected chi connectivity index (χ4v) is 1.70. The van der Waals surface area contributed by atoms with Crippen molar-refractivity contribution in [3.8, 4) is 0 Å². The first-order valence-corrected chi connectivity index (χ1v) is 5.47. The van der Waals surface area contributed by atoms with Crippen molar-refractivity contribution >= 4 is 17.0 Å². The summed E-state index contributed by atoms with van der Waals surface area (Å²) in [6, 6.07) is 0. The van der Waals surface area contributed by atoms with Gasteiger partial charge in [0.25, 0.3) is 5.56 Å². The molecule has 2 rings (SSSR count). The molecule has 0 spiro atoms. The second-order valence-electron chi connectivity index (χ2n) is 3.96. The van der Waals surface area contributed by atoms with E-state index < -0.39 is 6.10 Å². The number of hydrogen-bond donors (Lipinski definition) is 6. The van der Waals surface area contributed by atoms with Gasteiger partial charge in [0, 0.05) is 19.3 Å². The zero-order valence-electron chi connectivity index (χ0n) is 9.60. The fraction of sp³-hybridized carbons (Fsp3) is 0.400. The number of nitrogens with zero attached hydrogens (tertiary/aromatic N) is 1. The highest BCUT2D eigenvalue weighted by atomic mass is 16.3. The van der Waals surface area contributed by atoms with Crippen molar-refractivity contribution in [3.63, 3.8) is 0 Å².